The lowest BCUT2D eigenvalue weighted by Gasteiger charge is -2.55. The van der Waals surface area contributed by atoms with Gasteiger partial charge in [-0.25, -0.2) is 0 Å². The molecular formula is C54H39B3N2S2. The van der Waals surface area contributed by atoms with Crippen molar-refractivity contribution in [3.8, 4) is 43.1 Å². The average Bonchev–Trinajstić information content (AvgIpc) is 3.85. The van der Waals surface area contributed by atoms with Crippen molar-refractivity contribution in [2.45, 2.75) is 52.4 Å². The number of hydrogen-bond donors (Lipinski definition) is 0. The van der Waals surface area contributed by atoms with Gasteiger partial charge in [-0.3, -0.25) is 0 Å². The summed E-state index contributed by atoms with van der Waals surface area (Å²) in [6.45, 7) is 14.6. The first-order chi connectivity index (χ1) is 29.6. The number of benzene rings is 7. The van der Waals surface area contributed by atoms with Gasteiger partial charge >= 0.3 is 13.7 Å². The van der Waals surface area contributed by atoms with E-state index in [1.165, 1.54) is 135 Å². The van der Waals surface area contributed by atoms with Gasteiger partial charge in [0.25, 0.3) is 6.71 Å². The number of rotatable bonds is 0. The van der Waals surface area contributed by atoms with Crippen LogP contribution in [0.4, 0.5) is 22.7 Å². The molecule has 0 amide bonds. The summed E-state index contributed by atoms with van der Waals surface area (Å²) in [5.74, 6) is 0. The van der Waals surface area contributed by atoms with Crippen molar-refractivity contribution in [1.29, 1.82) is 0 Å². The summed E-state index contributed by atoms with van der Waals surface area (Å²) >= 11 is 4.00. The predicted octanol–water partition coefficient (Wildman–Crippen LogP) is 9.66. The highest BCUT2D eigenvalue weighted by atomic mass is 32.1. The van der Waals surface area contributed by atoms with Crippen LogP contribution in [0.5, 0.6) is 0 Å². The summed E-state index contributed by atoms with van der Waals surface area (Å²) in [6, 6.07) is 50.2. The second-order valence-electron chi connectivity index (χ2n) is 20.3. The minimum atomic E-state index is -0.0430. The van der Waals surface area contributed by atoms with Crippen LogP contribution < -0.4 is 47.9 Å². The zero-order valence-corrected chi connectivity index (χ0v) is 36.7. The van der Waals surface area contributed by atoms with Crippen LogP contribution in [-0.2, 0) is 10.8 Å². The number of nitrogens with zero attached hydrogens (tertiary/aromatic N) is 2. The molecule has 6 aliphatic heterocycles. The molecule has 2 nitrogen and oxygen atoms in total. The minimum absolute atomic E-state index is 0.0430. The Morgan fingerprint density at radius 2 is 0.820 bits per heavy atom. The lowest BCUT2D eigenvalue weighted by molar-refractivity contribution is 0.591. The van der Waals surface area contributed by atoms with Gasteiger partial charge in [0.2, 0.25) is 0 Å². The van der Waals surface area contributed by atoms with E-state index < -0.39 is 0 Å². The second-order valence-corrected chi connectivity index (χ2v) is 22.4. The molecule has 7 aromatic carbocycles. The molecule has 6 aliphatic rings. The molecule has 2 aromatic heterocycles. The molecule has 8 heterocycles. The Labute approximate surface area is 365 Å². The van der Waals surface area contributed by atoms with Crippen molar-refractivity contribution in [2.75, 3.05) is 9.62 Å². The monoisotopic (exact) mass is 812 g/mol. The Balaban J connectivity index is 1.19. The molecule has 0 spiro atoms. The van der Waals surface area contributed by atoms with Crippen LogP contribution in [0.25, 0.3) is 63.3 Å². The molecule has 9 aromatic rings. The van der Waals surface area contributed by atoms with E-state index in [1.54, 1.807) is 0 Å². The molecule has 0 unspecified atom stereocenters. The first kappa shape index (κ1) is 33.9. The maximum atomic E-state index is 2.85. The van der Waals surface area contributed by atoms with Crippen LogP contribution in [0.15, 0.2) is 127 Å². The second kappa shape index (κ2) is 10.8. The predicted molar refractivity (Wildman–Crippen MR) is 268 cm³/mol. The number of anilines is 4. The topological polar surface area (TPSA) is 6.48 Å². The van der Waals surface area contributed by atoms with E-state index in [0.29, 0.717) is 0 Å². The van der Waals surface area contributed by atoms with Crippen LogP contribution in [0.2, 0.25) is 0 Å². The highest BCUT2D eigenvalue weighted by Gasteiger charge is 2.57. The molecule has 0 saturated heterocycles. The van der Waals surface area contributed by atoms with Crippen LogP contribution in [-0.4, -0.2) is 20.4 Å². The molecular weight excluding hydrogens is 773 g/mol. The average molecular weight is 812 g/mol. The quantitative estimate of drug-likeness (QED) is 0.141. The van der Waals surface area contributed by atoms with Gasteiger partial charge in [0.1, 0.15) is 0 Å². The van der Waals surface area contributed by atoms with Crippen LogP contribution in [0.1, 0.15) is 52.7 Å². The molecule has 0 aliphatic carbocycles. The Hall–Kier alpha value is -5.75. The highest BCUT2D eigenvalue weighted by Crippen LogP contribution is 2.57. The van der Waals surface area contributed by atoms with E-state index in [1.807, 2.05) is 22.7 Å². The van der Waals surface area contributed by atoms with E-state index in [2.05, 4.69) is 179 Å². The maximum absolute atomic E-state index is 2.85. The van der Waals surface area contributed by atoms with Gasteiger partial charge in [-0.1, -0.05) is 139 Å². The minimum Gasteiger partial charge on any atom is -0.377 e. The third-order valence-corrected chi connectivity index (χ3v) is 17.5. The normalized spacial score (nSPS) is 15.2. The first-order valence-corrected chi connectivity index (χ1v) is 23.6. The summed E-state index contributed by atoms with van der Waals surface area (Å²) < 4.78 is 2.74. The summed E-state index contributed by atoms with van der Waals surface area (Å²) in [5.41, 5.74) is 26.9. The smallest absolute Gasteiger partial charge is 0.330 e. The van der Waals surface area contributed by atoms with Crippen molar-refractivity contribution < 1.29 is 0 Å². The number of hydrogen-bond acceptors (Lipinski definition) is 4. The fourth-order valence-corrected chi connectivity index (χ4v) is 15.0. The third-order valence-electron chi connectivity index (χ3n) is 15.1. The summed E-state index contributed by atoms with van der Waals surface area (Å²) in [4.78, 5) is 8.59. The highest BCUT2D eigenvalue weighted by molar-refractivity contribution is 7.26. The summed E-state index contributed by atoms with van der Waals surface area (Å²) in [6.07, 6.45) is 0. The molecule has 0 saturated carbocycles. The van der Waals surface area contributed by atoms with Gasteiger partial charge in [0.05, 0.1) is 0 Å². The summed E-state index contributed by atoms with van der Waals surface area (Å²) in [5, 5.41) is 2.78. The van der Waals surface area contributed by atoms with Crippen LogP contribution in [0.3, 0.4) is 0 Å². The molecule has 0 atom stereocenters. The lowest BCUT2D eigenvalue weighted by Crippen LogP contribution is -2.72. The Bertz CT molecular complexity index is 3330. The zero-order valence-electron chi connectivity index (χ0n) is 35.1. The molecule has 0 bridgehead atoms. The maximum Gasteiger partial charge on any atom is 0.330 e. The molecule has 61 heavy (non-hydrogen) atoms. The van der Waals surface area contributed by atoms with E-state index in [-0.39, 0.29) is 31.2 Å². The van der Waals surface area contributed by atoms with Gasteiger partial charge in [-0.15, -0.1) is 22.7 Å². The summed E-state index contributed by atoms with van der Waals surface area (Å²) in [7, 11) is 0. The van der Waals surface area contributed by atoms with Crippen molar-refractivity contribution in [2.24, 2.45) is 0 Å². The molecule has 15 rings (SSSR count). The third kappa shape index (κ3) is 3.93. The van der Waals surface area contributed by atoms with Crippen LogP contribution >= 0.6 is 22.7 Å². The molecule has 0 fully saturated rings. The molecule has 0 N–H and O–H groups in total. The fourth-order valence-electron chi connectivity index (χ4n) is 12.5. The fraction of sp³-hybridized carbons (Fsp3) is 0.148. The van der Waals surface area contributed by atoms with E-state index in [0.717, 1.165) is 0 Å². The van der Waals surface area contributed by atoms with Crippen LogP contribution in [0, 0.1) is 0 Å². The van der Waals surface area contributed by atoms with Crippen molar-refractivity contribution >= 4 is 124 Å². The van der Waals surface area contributed by atoms with Gasteiger partial charge in [0.15, 0.2) is 0 Å². The van der Waals surface area contributed by atoms with Gasteiger partial charge in [-0.05, 0) is 112 Å². The Kier molecular flexibility index (Phi) is 6.01. The largest absolute Gasteiger partial charge is 0.377 e. The van der Waals surface area contributed by atoms with Gasteiger partial charge in [-0.2, -0.15) is 0 Å². The van der Waals surface area contributed by atoms with E-state index in [4.69, 9.17) is 0 Å². The zero-order chi connectivity index (χ0) is 40.6. The molecule has 7 heteroatoms. The van der Waals surface area contributed by atoms with E-state index >= 15 is 0 Å². The molecule has 0 radical (unpaired) electrons. The first-order valence-electron chi connectivity index (χ1n) is 21.9. The van der Waals surface area contributed by atoms with Gasteiger partial charge in [0, 0.05) is 64.2 Å². The van der Waals surface area contributed by atoms with Crippen molar-refractivity contribution in [1.82, 2.24) is 0 Å². The Morgan fingerprint density at radius 3 is 1.28 bits per heavy atom. The lowest BCUT2D eigenvalue weighted by atomic mass is 9.28. The number of thiophene rings is 2. The van der Waals surface area contributed by atoms with Crippen molar-refractivity contribution in [3.05, 3.63) is 139 Å². The Morgan fingerprint density at radius 1 is 0.393 bits per heavy atom. The van der Waals surface area contributed by atoms with Gasteiger partial charge < -0.3 is 9.62 Å². The molecule has 286 valence electrons. The standard InChI is InChI=1S/C54H39B3N2S2/c1-53(2,3)28-23-36-47-40(25-28)55-41-26-29(54(4,5)6)24-37-48(41)59-50-35(31-16-8-12-20-39(31)57(59)45-33-18-10-14-22-43(33)61-52(37)45)27-34-30-15-7-11-19-38(30)56(58(47)49(34)46(50)55)44-32-17-9-13-21-42(32)60-51(36)44/h7-27H,1-6H3. The van der Waals surface area contributed by atoms with Crippen molar-refractivity contribution in [3.63, 3.8) is 0 Å². The van der Waals surface area contributed by atoms with E-state index in [9.17, 15) is 0 Å². The number of fused-ring (bicyclic) bond motifs is 18. The SMILES string of the molecule is CC(C)(C)c1cc2c3c(c1)-c1sc4ccccc4c1B1c4ccccc4-c4cc5c6c(c4N13)B2c1cc(C(C)(C)C)cc2c1N6B(c1ccccc1-5)c1c-2sc2ccccc12.